The van der Waals surface area contributed by atoms with E-state index in [1.54, 1.807) is 12.1 Å². The third kappa shape index (κ3) is 1.95. The molecule has 0 atom stereocenters. The van der Waals surface area contributed by atoms with Crippen molar-refractivity contribution in [2.45, 2.75) is 12.8 Å². The van der Waals surface area contributed by atoms with Crippen LogP contribution in [0.2, 0.25) is 0 Å². The SMILES string of the molecule is N#Cc1ccc(N2CCCC2=O)cc1[N+](=O)[O-]. The molecule has 1 aliphatic rings. The van der Waals surface area contributed by atoms with Crippen LogP contribution < -0.4 is 4.90 Å². The van der Waals surface area contributed by atoms with Gasteiger partial charge in [0.25, 0.3) is 5.69 Å². The van der Waals surface area contributed by atoms with Crippen molar-refractivity contribution in [2.24, 2.45) is 0 Å². The molecule has 0 bridgehead atoms. The van der Waals surface area contributed by atoms with E-state index in [1.807, 2.05) is 0 Å². The minimum Gasteiger partial charge on any atom is -0.312 e. The third-order valence-corrected chi connectivity index (χ3v) is 2.68. The van der Waals surface area contributed by atoms with Gasteiger partial charge in [-0.1, -0.05) is 0 Å². The highest BCUT2D eigenvalue weighted by molar-refractivity contribution is 5.95. The van der Waals surface area contributed by atoms with Crippen molar-refractivity contribution in [1.29, 1.82) is 5.26 Å². The number of nitro groups is 1. The number of hydrogen-bond donors (Lipinski definition) is 0. The molecule has 2 rings (SSSR count). The summed E-state index contributed by atoms with van der Waals surface area (Å²) in [5, 5.41) is 19.5. The van der Waals surface area contributed by atoms with Gasteiger partial charge in [-0.2, -0.15) is 5.26 Å². The van der Waals surface area contributed by atoms with E-state index in [0.717, 1.165) is 6.42 Å². The summed E-state index contributed by atoms with van der Waals surface area (Å²) in [4.78, 5) is 23.2. The molecule has 0 spiro atoms. The zero-order valence-corrected chi connectivity index (χ0v) is 8.92. The van der Waals surface area contributed by atoms with Crippen molar-refractivity contribution in [2.75, 3.05) is 11.4 Å². The summed E-state index contributed by atoms with van der Waals surface area (Å²) in [6.45, 7) is 0.571. The van der Waals surface area contributed by atoms with Gasteiger partial charge in [0, 0.05) is 19.0 Å². The minimum absolute atomic E-state index is 0.00500. The molecule has 1 aromatic rings. The smallest absolute Gasteiger partial charge is 0.289 e. The fraction of sp³-hybridized carbons (Fsp3) is 0.273. The van der Waals surface area contributed by atoms with Gasteiger partial charge in [0.15, 0.2) is 0 Å². The van der Waals surface area contributed by atoms with Gasteiger partial charge in [0.2, 0.25) is 5.91 Å². The highest BCUT2D eigenvalue weighted by Gasteiger charge is 2.24. The predicted molar refractivity (Wildman–Crippen MR) is 59.4 cm³/mol. The number of carbonyl (C=O) groups is 1. The number of benzene rings is 1. The first-order valence-corrected chi connectivity index (χ1v) is 5.12. The summed E-state index contributed by atoms with van der Waals surface area (Å²) in [6.07, 6.45) is 1.22. The molecular weight excluding hydrogens is 222 g/mol. The van der Waals surface area contributed by atoms with Gasteiger partial charge in [-0.3, -0.25) is 14.9 Å². The van der Waals surface area contributed by atoms with Crippen LogP contribution in [0.25, 0.3) is 0 Å². The maximum Gasteiger partial charge on any atom is 0.289 e. The molecule has 1 saturated heterocycles. The Morgan fingerprint density at radius 1 is 1.47 bits per heavy atom. The maximum atomic E-state index is 11.5. The number of nitro benzene ring substituents is 1. The lowest BCUT2D eigenvalue weighted by atomic mass is 10.1. The Bertz CT molecular complexity index is 533. The van der Waals surface area contributed by atoms with E-state index in [9.17, 15) is 14.9 Å². The van der Waals surface area contributed by atoms with Crippen LogP contribution in [0.5, 0.6) is 0 Å². The predicted octanol–water partition coefficient (Wildman–Crippen LogP) is 1.59. The molecule has 17 heavy (non-hydrogen) atoms. The fourth-order valence-electron chi connectivity index (χ4n) is 1.85. The molecule has 0 N–H and O–H groups in total. The standard InChI is InChI=1S/C11H9N3O3/c12-7-8-3-4-9(6-10(8)14(16)17)13-5-1-2-11(13)15/h3-4,6H,1-2,5H2. The summed E-state index contributed by atoms with van der Waals surface area (Å²) in [6, 6.07) is 5.98. The second-order valence-electron chi connectivity index (χ2n) is 3.72. The molecule has 86 valence electrons. The number of hydrogen-bond acceptors (Lipinski definition) is 4. The highest BCUT2D eigenvalue weighted by Crippen LogP contribution is 2.27. The number of amides is 1. The highest BCUT2D eigenvalue weighted by atomic mass is 16.6. The topological polar surface area (TPSA) is 87.2 Å². The first-order chi connectivity index (χ1) is 8.13. The second-order valence-corrected chi connectivity index (χ2v) is 3.72. The molecule has 0 unspecified atom stereocenters. The van der Waals surface area contributed by atoms with E-state index in [2.05, 4.69) is 0 Å². The van der Waals surface area contributed by atoms with Crippen LogP contribution in [-0.4, -0.2) is 17.4 Å². The summed E-state index contributed by atoms with van der Waals surface area (Å²) in [5.74, 6) is -0.0380. The average molecular weight is 231 g/mol. The number of rotatable bonds is 2. The van der Waals surface area contributed by atoms with E-state index in [0.29, 0.717) is 18.7 Å². The molecular formula is C11H9N3O3. The Labute approximate surface area is 97.2 Å². The van der Waals surface area contributed by atoms with Gasteiger partial charge in [0.05, 0.1) is 10.6 Å². The van der Waals surface area contributed by atoms with E-state index < -0.39 is 4.92 Å². The largest absolute Gasteiger partial charge is 0.312 e. The van der Waals surface area contributed by atoms with Crippen LogP contribution in [0, 0.1) is 21.4 Å². The molecule has 1 fully saturated rings. The van der Waals surface area contributed by atoms with Gasteiger partial charge >= 0.3 is 0 Å². The van der Waals surface area contributed by atoms with Gasteiger partial charge in [-0.05, 0) is 18.6 Å². The number of carbonyl (C=O) groups excluding carboxylic acids is 1. The monoisotopic (exact) mass is 231 g/mol. The molecule has 0 aliphatic carbocycles. The van der Waals surface area contributed by atoms with Crippen LogP contribution in [0.1, 0.15) is 18.4 Å². The van der Waals surface area contributed by atoms with Crippen molar-refractivity contribution >= 4 is 17.3 Å². The van der Waals surface area contributed by atoms with Crippen molar-refractivity contribution in [3.05, 3.63) is 33.9 Å². The Morgan fingerprint density at radius 2 is 2.24 bits per heavy atom. The summed E-state index contributed by atoms with van der Waals surface area (Å²) >= 11 is 0. The van der Waals surface area contributed by atoms with E-state index in [4.69, 9.17) is 5.26 Å². The van der Waals surface area contributed by atoms with Crippen LogP contribution in [0.4, 0.5) is 11.4 Å². The van der Waals surface area contributed by atoms with Crippen LogP contribution in [-0.2, 0) is 4.79 Å². The molecule has 0 saturated carbocycles. The Morgan fingerprint density at radius 3 is 2.76 bits per heavy atom. The second kappa shape index (κ2) is 4.22. The Kier molecular flexibility index (Phi) is 2.75. The molecule has 1 aliphatic heterocycles. The van der Waals surface area contributed by atoms with Crippen LogP contribution in [0.15, 0.2) is 18.2 Å². The van der Waals surface area contributed by atoms with Crippen molar-refractivity contribution in [3.8, 4) is 6.07 Å². The lowest BCUT2D eigenvalue weighted by molar-refractivity contribution is -0.385. The normalized spacial score (nSPS) is 14.8. The van der Waals surface area contributed by atoms with Crippen molar-refractivity contribution in [1.82, 2.24) is 0 Å². The molecule has 0 aromatic heterocycles. The van der Waals surface area contributed by atoms with E-state index in [1.165, 1.54) is 17.0 Å². The molecule has 1 aromatic carbocycles. The third-order valence-electron chi connectivity index (χ3n) is 2.68. The van der Waals surface area contributed by atoms with Crippen LogP contribution in [0.3, 0.4) is 0 Å². The minimum atomic E-state index is -0.609. The number of nitrogens with zero attached hydrogens (tertiary/aromatic N) is 3. The first kappa shape index (κ1) is 11.1. The van der Waals surface area contributed by atoms with Gasteiger partial charge in [-0.15, -0.1) is 0 Å². The van der Waals surface area contributed by atoms with E-state index >= 15 is 0 Å². The summed E-state index contributed by atoms with van der Waals surface area (Å²) in [7, 11) is 0. The number of nitriles is 1. The molecule has 6 nitrogen and oxygen atoms in total. The molecule has 0 radical (unpaired) electrons. The van der Waals surface area contributed by atoms with E-state index in [-0.39, 0.29) is 17.2 Å². The average Bonchev–Trinajstić information content (AvgIpc) is 2.74. The maximum absolute atomic E-state index is 11.5. The summed E-state index contributed by atoms with van der Waals surface area (Å²) < 4.78 is 0. The van der Waals surface area contributed by atoms with Crippen molar-refractivity contribution < 1.29 is 9.72 Å². The first-order valence-electron chi connectivity index (χ1n) is 5.12. The van der Waals surface area contributed by atoms with Gasteiger partial charge in [-0.25, -0.2) is 0 Å². The Hall–Kier alpha value is -2.42. The fourth-order valence-corrected chi connectivity index (χ4v) is 1.85. The zero-order chi connectivity index (χ0) is 12.4. The molecule has 1 heterocycles. The zero-order valence-electron chi connectivity index (χ0n) is 8.92. The van der Waals surface area contributed by atoms with Gasteiger partial charge < -0.3 is 4.90 Å². The van der Waals surface area contributed by atoms with Crippen molar-refractivity contribution in [3.63, 3.8) is 0 Å². The Balaban J connectivity index is 2.44. The summed E-state index contributed by atoms with van der Waals surface area (Å²) in [5.41, 5.74) is 0.230. The lowest BCUT2D eigenvalue weighted by Crippen LogP contribution is -2.23. The lowest BCUT2D eigenvalue weighted by Gasteiger charge is -2.15. The quantitative estimate of drug-likeness (QED) is 0.571. The number of anilines is 1. The molecule has 6 heteroatoms. The van der Waals surface area contributed by atoms with Crippen LogP contribution >= 0.6 is 0 Å². The molecule has 1 amide bonds. The van der Waals surface area contributed by atoms with Gasteiger partial charge in [0.1, 0.15) is 11.6 Å².